The minimum atomic E-state index is -0.773. The minimum Gasteiger partial charge on any atom is -0.462 e. The molecule has 76 heavy (non-hydrogen) atoms. The van der Waals surface area contributed by atoms with Crippen LogP contribution in [-0.2, 0) is 28.6 Å². The lowest BCUT2D eigenvalue weighted by atomic mass is 10.0. The first-order valence-electron chi connectivity index (χ1n) is 34.0. The maximum Gasteiger partial charge on any atom is 0.306 e. The molecule has 6 heteroatoms. The summed E-state index contributed by atoms with van der Waals surface area (Å²) in [5.74, 6) is -0.868. The summed E-state index contributed by atoms with van der Waals surface area (Å²) < 4.78 is 16.8. The van der Waals surface area contributed by atoms with Crippen molar-refractivity contribution in [2.75, 3.05) is 13.2 Å². The summed E-state index contributed by atoms with van der Waals surface area (Å²) in [6, 6.07) is 0. The highest BCUT2D eigenvalue weighted by atomic mass is 16.6. The molecule has 0 saturated heterocycles. The van der Waals surface area contributed by atoms with Gasteiger partial charge in [0.25, 0.3) is 0 Å². The van der Waals surface area contributed by atoms with Crippen molar-refractivity contribution in [1.82, 2.24) is 0 Å². The quantitative estimate of drug-likeness (QED) is 0.0261. The predicted molar refractivity (Wildman–Crippen MR) is 330 cm³/mol. The molecule has 0 aliphatic rings. The van der Waals surface area contributed by atoms with Gasteiger partial charge in [0.2, 0.25) is 0 Å². The van der Waals surface area contributed by atoms with Crippen LogP contribution >= 0.6 is 0 Å². The number of carbonyl (C=O) groups is 3. The minimum absolute atomic E-state index is 0.0719. The summed E-state index contributed by atoms with van der Waals surface area (Å²) in [5.41, 5.74) is 0. The molecule has 0 aromatic rings. The van der Waals surface area contributed by atoms with Crippen LogP contribution in [-0.4, -0.2) is 37.2 Å². The van der Waals surface area contributed by atoms with Gasteiger partial charge in [-0.05, 0) is 51.4 Å². The van der Waals surface area contributed by atoms with E-state index in [9.17, 15) is 14.4 Å². The first kappa shape index (κ1) is 73.6. The third-order valence-corrected chi connectivity index (χ3v) is 15.4. The molecule has 0 aliphatic carbocycles. The summed E-state index contributed by atoms with van der Waals surface area (Å²) >= 11 is 0. The Labute approximate surface area is 474 Å². The van der Waals surface area contributed by atoms with Crippen LogP contribution in [0.5, 0.6) is 0 Å². The summed E-state index contributed by atoms with van der Waals surface area (Å²) in [6.07, 6.45) is 80.8. The van der Waals surface area contributed by atoms with E-state index in [0.717, 1.165) is 83.5 Å². The Hall–Kier alpha value is -2.37. The molecule has 1 atom stereocenters. The number of ether oxygens (including phenoxy) is 3. The van der Waals surface area contributed by atoms with Gasteiger partial charge in [0, 0.05) is 19.3 Å². The highest BCUT2D eigenvalue weighted by molar-refractivity contribution is 5.71. The van der Waals surface area contributed by atoms with Crippen LogP contribution in [0.3, 0.4) is 0 Å². The highest BCUT2D eigenvalue weighted by Gasteiger charge is 2.19. The molecule has 0 aliphatic heterocycles. The van der Waals surface area contributed by atoms with Gasteiger partial charge in [-0.3, -0.25) is 14.4 Å². The lowest BCUT2D eigenvalue weighted by Gasteiger charge is -2.18. The van der Waals surface area contributed by atoms with Gasteiger partial charge in [-0.15, -0.1) is 0 Å². The average molecular weight is 1070 g/mol. The zero-order chi connectivity index (χ0) is 55.0. The number of carbonyl (C=O) groups excluding carboxylic acids is 3. The third kappa shape index (κ3) is 62.5. The summed E-state index contributed by atoms with van der Waals surface area (Å²) in [5, 5.41) is 0. The van der Waals surface area contributed by atoms with Crippen molar-refractivity contribution < 1.29 is 28.6 Å². The van der Waals surface area contributed by atoms with E-state index in [0.29, 0.717) is 19.3 Å². The van der Waals surface area contributed by atoms with E-state index in [2.05, 4.69) is 57.2 Å². The van der Waals surface area contributed by atoms with E-state index in [1.165, 1.54) is 250 Å². The monoisotopic (exact) mass is 1070 g/mol. The molecular formula is C70H130O6. The van der Waals surface area contributed by atoms with Crippen LogP contribution in [0.2, 0.25) is 0 Å². The van der Waals surface area contributed by atoms with Crippen LogP contribution in [0.15, 0.2) is 36.5 Å². The van der Waals surface area contributed by atoms with Crippen molar-refractivity contribution >= 4 is 17.9 Å². The van der Waals surface area contributed by atoms with E-state index in [1.807, 2.05) is 0 Å². The second-order valence-electron chi connectivity index (χ2n) is 23.1. The molecule has 0 saturated carbocycles. The second-order valence-corrected chi connectivity index (χ2v) is 23.1. The molecule has 0 spiro atoms. The van der Waals surface area contributed by atoms with Crippen LogP contribution in [0.1, 0.15) is 374 Å². The highest BCUT2D eigenvalue weighted by Crippen LogP contribution is 2.19. The fraction of sp³-hybridized carbons (Fsp3) is 0.871. The smallest absolute Gasteiger partial charge is 0.306 e. The number of rotatable bonds is 63. The topological polar surface area (TPSA) is 78.9 Å². The van der Waals surface area contributed by atoms with Crippen molar-refractivity contribution in [3.05, 3.63) is 36.5 Å². The van der Waals surface area contributed by atoms with Crippen LogP contribution in [0.25, 0.3) is 0 Å². The molecule has 446 valence electrons. The van der Waals surface area contributed by atoms with Gasteiger partial charge < -0.3 is 14.2 Å². The molecule has 0 amide bonds. The van der Waals surface area contributed by atoms with Gasteiger partial charge in [-0.1, -0.05) is 340 Å². The lowest BCUT2D eigenvalue weighted by Crippen LogP contribution is -2.30. The summed E-state index contributed by atoms with van der Waals surface area (Å²) in [7, 11) is 0. The number of hydrogen-bond acceptors (Lipinski definition) is 6. The number of hydrogen-bond donors (Lipinski definition) is 0. The molecule has 0 rings (SSSR count). The number of allylic oxidation sites excluding steroid dienone is 6. The molecule has 0 aromatic heterocycles. The average Bonchev–Trinajstić information content (AvgIpc) is 3.42. The number of esters is 3. The largest absolute Gasteiger partial charge is 0.462 e. The Kier molecular flexibility index (Phi) is 63.1. The zero-order valence-electron chi connectivity index (χ0n) is 51.3. The standard InChI is InChI=1S/C70H130O6/c1-4-7-10-13-16-18-20-22-24-26-27-28-29-30-31-32-33-34-35-36-37-38-39-40-41-42-44-45-47-49-51-54-57-60-63-69(72)75-66-67(65-74-68(71)62-59-56-53-15-12-9-6-3)76-70(73)64-61-58-55-52-50-48-46-43-25-23-21-19-17-14-11-8-5-2/h8,11,17,19,23,25,67H,4-7,9-10,12-16,18,20-22,24,26-66H2,1-3H3/b11-8-,19-17-,25-23-. The van der Waals surface area contributed by atoms with Crippen LogP contribution < -0.4 is 0 Å². The Morgan fingerprint density at radius 3 is 0.803 bits per heavy atom. The Bertz CT molecular complexity index is 1270. The molecular weight excluding hydrogens is 937 g/mol. The molecule has 0 radical (unpaired) electrons. The van der Waals surface area contributed by atoms with Crippen molar-refractivity contribution in [1.29, 1.82) is 0 Å². The first-order valence-corrected chi connectivity index (χ1v) is 34.0. The van der Waals surface area contributed by atoms with Gasteiger partial charge in [-0.2, -0.15) is 0 Å². The van der Waals surface area contributed by atoms with Gasteiger partial charge in [0.05, 0.1) is 0 Å². The van der Waals surface area contributed by atoms with Gasteiger partial charge >= 0.3 is 17.9 Å². The van der Waals surface area contributed by atoms with E-state index in [1.54, 1.807) is 0 Å². The Morgan fingerprint density at radius 1 is 0.276 bits per heavy atom. The second kappa shape index (κ2) is 65.2. The van der Waals surface area contributed by atoms with E-state index in [-0.39, 0.29) is 31.1 Å². The molecule has 1 unspecified atom stereocenters. The molecule has 0 fully saturated rings. The molecule has 0 heterocycles. The molecule has 0 bridgehead atoms. The van der Waals surface area contributed by atoms with E-state index < -0.39 is 6.10 Å². The van der Waals surface area contributed by atoms with Crippen LogP contribution in [0.4, 0.5) is 0 Å². The van der Waals surface area contributed by atoms with E-state index >= 15 is 0 Å². The Balaban J connectivity index is 3.93. The predicted octanol–water partition coefficient (Wildman–Crippen LogP) is 23.2. The maximum atomic E-state index is 12.8. The number of unbranched alkanes of at least 4 members (excludes halogenated alkanes) is 46. The lowest BCUT2D eigenvalue weighted by molar-refractivity contribution is -0.167. The third-order valence-electron chi connectivity index (χ3n) is 15.4. The first-order chi connectivity index (χ1) is 37.5. The van der Waals surface area contributed by atoms with Crippen molar-refractivity contribution in [3.8, 4) is 0 Å². The molecule has 6 nitrogen and oxygen atoms in total. The normalized spacial score (nSPS) is 12.2. The van der Waals surface area contributed by atoms with Crippen LogP contribution in [0, 0.1) is 0 Å². The maximum absolute atomic E-state index is 12.8. The molecule has 0 N–H and O–H groups in total. The molecule has 0 aromatic carbocycles. The summed E-state index contributed by atoms with van der Waals surface area (Å²) in [6.45, 7) is 6.53. The van der Waals surface area contributed by atoms with E-state index in [4.69, 9.17) is 14.2 Å². The fourth-order valence-electron chi connectivity index (χ4n) is 10.3. The van der Waals surface area contributed by atoms with Gasteiger partial charge in [-0.25, -0.2) is 0 Å². The zero-order valence-corrected chi connectivity index (χ0v) is 51.3. The van der Waals surface area contributed by atoms with Crippen molar-refractivity contribution in [2.24, 2.45) is 0 Å². The van der Waals surface area contributed by atoms with Crippen molar-refractivity contribution in [3.63, 3.8) is 0 Å². The van der Waals surface area contributed by atoms with Gasteiger partial charge in [0.1, 0.15) is 13.2 Å². The fourth-order valence-corrected chi connectivity index (χ4v) is 10.3. The summed E-state index contributed by atoms with van der Waals surface area (Å²) in [4.78, 5) is 38.1. The Morgan fingerprint density at radius 2 is 0.513 bits per heavy atom. The van der Waals surface area contributed by atoms with Crippen molar-refractivity contribution in [2.45, 2.75) is 380 Å². The SMILES string of the molecule is CC/C=C\C/C=C\C/C=C\CCCCCCCCCC(=O)OC(COC(=O)CCCCCCCCC)COC(=O)CCCCCCCCCCCCCCCCCCCCCCCCCCCCCCCCCCCC. The van der Waals surface area contributed by atoms with Gasteiger partial charge in [0.15, 0.2) is 6.10 Å².